The molecular formula is C24H39ClN3O7P. The van der Waals surface area contributed by atoms with Crippen molar-refractivity contribution in [2.45, 2.75) is 52.7 Å². The van der Waals surface area contributed by atoms with Crippen LogP contribution in [0.25, 0.3) is 0 Å². The van der Waals surface area contributed by atoms with Crippen LogP contribution in [0.2, 0.25) is 5.02 Å². The van der Waals surface area contributed by atoms with Gasteiger partial charge in [0, 0.05) is 32.5 Å². The number of carbonyl (C=O) groups excluding carboxylic acids is 3. The first kappa shape index (κ1) is 33.8. The van der Waals surface area contributed by atoms with E-state index < -0.39 is 20.4 Å². The molecule has 1 aromatic carbocycles. The predicted molar refractivity (Wildman–Crippen MR) is 142 cm³/mol. The quantitative estimate of drug-likeness (QED) is 0.129. The summed E-state index contributed by atoms with van der Waals surface area (Å²) in [5, 5.41) is 5.40. The van der Waals surface area contributed by atoms with E-state index in [9.17, 15) is 14.4 Å². The molecule has 1 aromatic rings. The van der Waals surface area contributed by atoms with Crippen molar-refractivity contribution in [3.8, 4) is 5.75 Å². The van der Waals surface area contributed by atoms with Crippen LogP contribution in [0.3, 0.4) is 0 Å². The summed E-state index contributed by atoms with van der Waals surface area (Å²) in [6.07, 6.45) is 4.17. The van der Waals surface area contributed by atoms with Gasteiger partial charge in [0.15, 0.2) is 0 Å². The van der Waals surface area contributed by atoms with Crippen LogP contribution in [0.15, 0.2) is 36.5 Å². The van der Waals surface area contributed by atoms with Gasteiger partial charge in [-0.1, -0.05) is 44.5 Å². The molecule has 3 atom stereocenters. The summed E-state index contributed by atoms with van der Waals surface area (Å²) in [6, 6.07) is 6.95. The Morgan fingerprint density at radius 2 is 1.94 bits per heavy atom. The molecule has 2 amide bonds. The zero-order valence-corrected chi connectivity index (χ0v) is 23.5. The lowest BCUT2D eigenvalue weighted by Crippen LogP contribution is -2.32. The number of halogens is 1. The number of carbonyl (C=O) groups is 3. The molecule has 0 saturated heterocycles. The van der Waals surface area contributed by atoms with Crippen LogP contribution in [0.5, 0.6) is 5.75 Å². The highest BCUT2D eigenvalue weighted by molar-refractivity contribution is 7.45. The predicted octanol–water partition coefficient (Wildman–Crippen LogP) is 4.04. The van der Waals surface area contributed by atoms with Gasteiger partial charge < -0.3 is 23.4 Å². The second-order valence-electron chi connectivity index (χ2n) is 7.18. The number of rotatable bonds is 17. The highest BCUT2D eigenvalue weighted by Gasteiger charge is 2.21. The van der Waals surface area contributed by atoms with Gasteiger partial charge in [-0.3, -0.25) is 19.7 Å². The molecule has 12 heteroatoms. The summed E-state index contributed by atoms with van der Waals surface area (Å²) in [5.41, 5.74) is 0. The third-order valence-electron chi connectivity index (χ3n) is 4.51. The Bertz CT molecular complexity index is 801. The van der Waals surface area contributed by atoms with Gasteiger partial charge in [0.05, 0.1) is 24.3 Å². The standard InChI is InChI=1S/C22H33ClN3O7P.C2H6/c1-5-12-31-22(29)14-25-34(33-20-9-7-6-8-19(20)23)32-15-18(30-4)13-17(2)26(3)11-10-21(28)24-16-27;1-2/h6-11,16-18,25H,5,12-15H2,1-4H3,(H,24,27,28);1-2H3/b11-10-;. The lowest BCUT2D eigenvalue weighted by molar-refractivity contribution is -0.142. The molecule has 10 nitrogen and oxygen atoms in total. The number of esters is 1. The van der Waals surface area contributed by atoms with Crippen molar-refractivity contribution in [1.29, 1.82) is 0 Å². The van der Waals surface area contributed by atoms with Crippen LogP contribution >= 0.6 is 20.1 Å². The number of benzene rings is 1. The fourth-order valence-electron chi connectivity index (χ4n) is 2.48. The van der Waals surface area contributed by atoms with Crippen molar-refractivity contribution in [3.05, 3.63) is 41.6 Å². The maximum absolute atomic E-state index is 11.9. The molecule has 0 aromatic heterocycles. The van der Waals surface area contributed by atoms with E-state index in [0.29, 0.717) is 30.2 Å². The average Bonchev–Trinajstić information content (AvgIpc) is 2.88. The minimum atomic E-state index is -1.73. The fourth-order valence-corrected chi connectivity index (χ4v) is 3.81. The van der Waals surface area contributed by atoms with Crippen molar-refractivity contribution in [3.63, 3.8) is 0 Å². The topological polar surface area (TPSA) is 115 Å². The normalized spacial score (nSPS) is 13.1. The molecule has 0 aliphatic carbocycles. The van der Waals surface area contributed by atoms with Crippen LogP contribution in [0.4, 0.5) is 0 Å². The summed E-state index contributed by atoms with van der Waals surface area (Å²) in [5.74, 6) is -0.498. The summed E-state index contributed by atoms with van der Waals surface area (Å²) in [7, 11) is 1.65. The average molecular weight is 548 g/mol. The minimum absolute atomic E-state index is 0.0125. The zero-order chi connectivity index (χ0) is 27.3. The Balaban J connectivity index is 0.00000596. The number of nitrogens with one attached hydrogen (secondary N) is 2. The molecule has 0 fully saturated rings. The summed E-state index contributed by atoms with van der Waals surface area (Å²) in [6.45, 7) is 8.31. The smallest absolute Gasteiger partial charge is 0.320 e. The van der Waals surface area contributed by atoms with Crippen molar-refractivity contribution in [2.24, 2.45) is 0 Å². The Morgan fingerprint density at radius 3 is 2.56 bits per heavy atom. The maximum atomic E-state index is 11.9. The van der Waals surface area contributed by atoms with Crippen molar-refractivity contribution < 1.29 is 32.9 Å². The first-order chi connectivity index (χ1) is 17.3. The van der Waals surface area contributed by atoms with E-state index in [-0.39, 0.29) is 25.3 Å². The van der Waals surface area contributed by atoms with E-state index in [1.807, 2.05) is 37.9 Å². The van der Waals surface area contributed by atoms with Crippen molar-refractivity contribution in [2.75, 3.05) is 33.9 Å². The number of nitrogens with zero attached hydrogens (tertiary/aromatic N) is 1. The zero-order valence-electron chi connectivity index (χ0n) is 21.9. The van der Waals surface area contributed by atoms with Gasteiger partial charge in [0.25, 0.3) is 5.91 Å². The van der Waals surface area contributed by atoms with Crippen LogP contribution in [0.1, 0.15) is 40.5 Å². The molecule has 0 radical (unpaired) electrons. The SMILES string of the molecule is CC.CCCOC(=O)CNP(OCC(CC(C)N(C)/C=C\C(=O)NC=O)OC)Oc1ccccc1Cl. The summed E-state index contributed by atoms with van der Waals surface area (Å²) in [4.78, 5) is 35.4. The van der Waals surface area contributed by atoms with Gasteiger partial charge in [-0.2, -0.15) is 0 Å². The molecule has 0 bridgehead atoms. The first-order valence-corrected chi connectivity index (χ1v) is 13.3. The van der Waals surface area contributed by atoms with Crippen LogP contribution in [-0.2, 0) is 28.4 Å². The van der Waals surface area contributed by atoms with Crippen LogP contribution in [-0.4, -0.2) is 69.2 Å². The number of hydrogen-bond donors (Lipinski definition) is 2. The number of amides is 2. The number of hydrogen-bond acceptors (Lipinski definition) is 9. The van der Waals surface area contributed by atoms with Gasteiger partial charge in [0.1, 0.15) is 12.3 Å². The van der Waals surface area contributed by atoms with Crippen molar-refractivity contribution in [1.82, 2.24) is 15.3 Å². The number of ether oxygens (including phenoxy) is 2. The molecule has 0 saturated carbocycles. The Hall–Kier alpha value is -2.23. The molecule has 2 N–H and O–H groups in total. The molecule has 36 heavy (non-hydrogen) atoms. The third kappa shape index (κ3) is 15.0. The van der Waals surface area contributed by atoms with Gasteiger partial charge in [-0.05, 0) is 31.9 Å². The maximum Gasteiger partial charge on any atom is 0.320 e. The number of methoxy groups -OCH3 is 1. The van der Waals surface area contributed by atoms with E-state index in [1.165, 1.54) is 6.08 Å². The Labute approximate surface area is 220 Å². The van der Waals surface area contributed by atoms with E-state index >= 15 is 0 Å². The van der Waals surface area contributed by atoms with E-state index in [4.69, 9.17) is 30.1 Å². The summed E-state index contributed by atoms with van der Waals surface area (Å²) < 4.78 is 22.4. The molecule has 0 heterocycles. The second-order valence-corrected chi connectivity index (χ2v) is 8.86. The third-order valence-corrected chi connectivity index (χ3v) is 5.98. The minimum Gasteiger partial charge on any atom is -0.465 e. The lowest BCUT2D eigenvalue weighted by atomic mass is 10.1. The Morgan fingerprint density at radius 1 is 1.25 bits per heavy atom. The van der Waals surface area contributed by atoms with E-state index in [0.717, 1.165) is 6.42 Å². The largest absolute Gasteiger partial charge is 0.465 e. The molecule has 1 rings (SSSR count). The highest BCUT2D eigenvalue weighted by atomic mass is 35.5. The first-order valence-electron chi connectivity index (χ1n) is 11.7. The molecular weight excluding hydrogens is 509 g/mol. The highest BCUT2D eigenvalue weighted by Crippen LogP contribution is 2.38. The monoisotopic (exact) mass is 547 g/mol. The molecule has 204 valence electrons. The van der Waals surface area contributed by atoms with Gasteiger partial charge in [-0.25, -0.2) is 5.09 Å². The van der Waals surface area contributed by atoms with Gasteiger partial charge >= 0.3 is 14.5 Å². The molecule has 3 unspecified atom stereocenters. The Kier molecular flexibility index (Phi) is 19.6. The second kappa shape index (κ2) is 20.9. The van der Waals surface area contributed by atoms with Crippen molar-refractivity contribution >= 4 is 38.4 Å². The van der Waals surface area contributed by atoms with Gasteiger partial charge in [-0.15, -0.1) is 0 Å². The fraction of sp³-hybridized carbons (Fsp3) is 0.542. The lowest BCUT2D eigenvalue weighted by Gasteiger charge is -2.27. The molecule has 0 spiro atoms. The summed E-state index contributed by atoms with van der Waals surface area (Å²) >= 11 is 6.19. The van der Waals surface area contributed by atoms with E-state index in [2.05, 4.69) is 5.09 Å². The van der Waals surface area contributed by atoms with E-state index in [1.54, 1.807) is 44.6 Å². The number of imide groups is 1. The van der Waals surface area contributed by atoms with Crippen LogP contribution in [0, 0.1) is 0 Å². The number of para-hydroxylation sites is 1. The van der Waals surface area contributed by atoms with Crippen LogP contribution < -0.4 is 14.9 Å². The van der Waals surface area contributed by atoms with Gasteiger partial charge in [0.2, 0.25) is 6.41 Å². The molecule has 0 aliphatic rings. The molecule has 0 aliphatic heterocycles.